The molecule has 2 atom stereocenters. The molecule has 0 saturated heterocycles. The lowest BCUT2D eigenvalue weighted by Gasteiger charge is -2.39. The quantitative estimate of drug-likeness (QED) is 0.360. The van der Waals surface area contributed by atoms with Gasteiger partial charge in [-0.1, -0.05) is 68.3 Å². The highest BCUT2D eigenvalue weighted by molar-refractivity contribution is 9.10. The van der Waals surface area contributed by atoms with E-state index in [9.17, 15) is 8.78 Å². The zero-order chi connectivity index (χ0) is 19.7. The fourth-order valence-electron chi connectivity index (χ4n) is 5.25. The van der Waals surface area contributed by atoms with Crippen molar-refractivity contribution in [3.05, 3.63) is 78.2 Å². The van der Waals surface area contributed by atoms with Crippen molar-refractivity contribution in [2.45, 2.75) is 38.0 Å². The second kappa shape index (κ2) is 6.50. The van der Waals surface area contributed by atoms with Gasteiger partial charge in [-0.05, 0) is 60.4 Å². The Bertz CT molecular complexity index is 956. The van der Waals surface area contributed by atoms with Gasteiger partial charge >= 0.3 is 0 Å². The van der Waals surface area contributed by atoms with Crippen molar-refractivity contribution in [2.75, 3.05) is 0 Å². The van der Waals surface area contributed by atoms with Crippen LogP contribution in [0.1, 0.15) is 47.2 Å². The van der Waals surface area contributed by atoms with Gasteiger partial charge < -0.3 is 0 Å². The number of hydrogen-bond donors (Lipinski definition) is 0. The molecule has 4 rings (SSSR count). The number of rotatable bonds is 2. The summed E-state index contributed by atoms with van der Waals surface area (Å²) in [5, 5.41) is 0. The fourth-order valence-corrected chi connectivity index (χ4v) is 11.3. The third-order valence-electron chi connectivity index (χ3n) is 6.02. The first-order valence-corrected chi connectivity index (χ1v) is 13.7. The van der Waals surface area contributed by atoms with Crippen LogP contribution in [0.2, 0.25) is 13.1 Å². The van der Waals surface area contributed by atoms with E-state index < -0.39 is 8.07 Å². The average molecular weight is 510 g/mol. The maximum absolute atomic E-state index is 14.2. The summed E-state index contributed by atoms with van der Waals surface area (Å²) in [6, 6.07) is 6.43. The summed E-state index contributed by atoms with van der Waals surface area (Å²) in [4.78, 5) is 0. The Hall–Kier alpha value is -1.04. The van der Waals surface area contributed by atoms with Crippen LogP contribution in [-0.2, 0) is 0 Å². The van der Waals surface area contributed by atoms with Gasteiger partial charge in [0.1, 0.15) is 11.6 Å². The van der Waals surface area contributed by atoms with E-state index in [1.54, 1.807) is 12.1 Å². The van der Waals surface area contributed by atoms with Crippen LogP contribution in [-0.4, -0.2) is 8.07 Å². The predicted octanol–water partition coefficient (Wildman–Crippen LogP) is 7.98. The molecule has 0 bridgehead atoms. The van der Waals surface area contributed by atoms with Crippen LogP contribution in [0.4, 0.5) is 8.78 Å². The summed E-state index contributed by atoms with van der Waals surface area (Å²) < 4.78 is 30.0. The lowest BCUT2D eigenvalue weighted by Crippen LogP contribution is -2.42. The van der Waals surface area contributed by atoms with Gasteiger partial charge in [0.25, 0.3) is 0 Å². The van der Waals surface area contributed by atoms with Gasteiger partial charge in [0.05, 0.1) is 8.07 Å². The number of benzene rings is 2. The van der Waals surface area contributed by atoms with Crippen molar-refractivity contribution in [1.29, 1.82) is 0 Å². The van der Waals surface area contributed by atoms with Crippen LogP contribution in [0.3, 0.4) is 0 Å². The van der Waals surface area contributed by atoms with E-state index in [4.69, 9.17) is 0 Å². The first kappa shape index (κ1) is 19.3. The smallest absolute Gasteiger partial charge is 0.124 e. The molecule has 0 aromatic heterocycles. The minimum Gasteiger partial charge on any atom is -0.207 e. The van der Waals surface area contributed by atoms with Crippen molar-refractivity contribution in [2.24, 2.45) is 0 Å². The molecule has 0 saturated carbocycles. The van der Waals surface area contributed by atoms with Gasteiger partial charge in [-0.3, -0.25) is 0 Å². The van der Waals surface area contributed by atoms with E-state index in [1.165, 1.54) is 23.3 Å². The Morgan fingerprint density at radius 1 is 0.741 bits per heavy atom. The summed E-state index contributed by atoms with van der Waals surface area (Å²) >= 11 is 7.05. The highest BCUT2D eigenvalue weighted by atomic mass is 79.9. The molecular weight excluding hydrogens is 490 g/mol. The summed E-state index contributed by atoms with van der Waals surface area (Å²) in [6.45, 7) is 8.97. The van der Waals surface area contributed by atoms with Crippen LogP contribution < -0.4 is 0 Å². The third kappa shape index (κ3) is 2.93. The maximum Gasteiger partial charge on any atom is 0.124 e. The SMILES string of the molecule is CC1=Cc2c(Br)cc(F)cc2C1[Si](C)(C)C1C(C)=Cc2c(Br)cc(F)cc21. The van der Waals surface area contributed by atoms with E-state index in [-0.39, 0.29) is 22.7 Å². The van der Waals surface area contributed by atoms with Gasteiger partial charge in [0, 0.05) is 20.0 Å². The highest BCUT2D eigenvalue weighted by Crippen LogP contribution is 2.53. The second-order valence-electron chi connectivity index (χ2n) is 8.25. The summed E-state index contributed by atoms with van der Waals surface area (Å²) in [6.07, 6.45) is 4.35. The lowest BCUT2D eigenvalue weighted by molar-refractivity contribution is 0.624. The molecule has 0 amide bonds. The van der Waals surface area contributed by atoms with Crippen molar-refractivity contribution in [3.63, 3.8) is 0 Å². The van der Waals surface area contributed by atoms with Crippen molar-refractivity contribution >= 4 is 52.1 Å². The van der Waals surface area contributed by atoms with Gasteiger partial charge in [0.2, 0.25) is 0 Å². The Kier molecular flexibility index (Phi) is 4.64. The second-order valence-corrected chi connectivity index (χ2v) is 14.8. The van der Waals surface area contributed by atoms with Gasteiger partial charge in [-0.2, -0.15) is 0 Å². The maximum atomic E-state index is 14.2. The zero-order valence-electron chi connectivity index (χ0n) is 15.6. The fraction of sp³-hybridized carbons (Fsp3) is 0.273. The standard InChI is InChI=1S/C22H20Br2F2Si/c1-11-5-15-17(7-13(25)9-19(15)23)21(11)27(3,4)22-12(2)6-16-18(22)8-14(26)10-20(16)24/h5-10,21-22H,1-4H3. The van der Waals surface area contributed by atoms with Gasteiger partial charge in [0.15, 0.2) is 0 Å². The lowest BCUT2D eigenvalue weighted by atomic mass is 10.1. The van der Waals surface area contributed by atoms with Crippen molar-refractivity contribution in [3.8, 4) is 0 Å². The van der Waals surface area contributed by atoms with E-state index in [0.29, 0.717) is 0 Å². The van der Waals surface area contributed by atoms with E-state index in [2.05, 4.69) is 71.0 Å². The minimum absolute atomic E-state index is 0.195. The summed E-state index contributed by atoms with van der Waals surface area (Å²) in [7, 11) is -2.07. The minimum atomic E-state index is -2.07. The molecule has 0 aliphatic heterocycles. The normalized spacial score (nSPS) is 21.0. The molecule has 0 fully saturated rings. The molecule has 0 N–H and O–H groups in total. The highest BCUT2D eigenvalue weighted by Gasteiger charge is 2.47. The Morgan fingerprint density at radius 3 is 1.48 bits per heavy atom. The van der Waals surface area contributed by atoms with Crippen LogP contribution >= 0.6 is 31.9 Å². The van der Waals surface area contributed by atoms with E-state index in [0.717, 1.165) is 31.2 Å². The van der Waals surface area contributed by atoms with Gasteiger partial charge in [-0.25, -0.2) is 8.78 Å². The van der Waals surface area contributed by atoms with Crippen molar-refractivity contribution in [1.82, 2.24) is 0 Å². The predicted molar refractivity (Wildman–Crippen MR) is 118 cm³/mol. The molecule has 0 spiro atoms. The number of hydrogen-bond acceptors (Lipinski definition) is 0. The molecule has 5 heteroatoms. The first-order chi connectivity index (χ1) is 12.6. The van der Waals surface area contributed by atoms with Crippen LogP contribution in [0, 0.1) is 11.6 Å². The summed E-state index contributed by atoms with van der Waals surface area (Å²) in [5.74, 6) is -0.433. The molecule has 0 heterocycles. The molecule has 2 unspecified atom stereocenters. The van der Waals surface area contributed by atoms with Gasteiger partial charge in [-0.15, -0.1) is 0 Å². The largest absolute Gasteiger partial charge is 0.207 e. The Labute approximate surface area is 176 Å². The molecule has 0 radical (unpaired) electrons. The summed E-state index contributed by atoms with van der Waals surface area (Å²) in [5.41, 5.74) is 7.22. The monoisotopic (exact) mass is 508 g/mol. The topological polar surface area (TPSA) is 0 Å². The number of allylic oxidation sites excluding steroid dienone is 2. The molecule has 27 heavy (non-hydrogen) atoms. The third-order valence-corrected chi connectivity index (χ3v) is 11.8. The molecule has 2 aliphatic carbocycles. The number of fused-ring (bicyclic) bond motifs is 2. The molecule has 140 valence electrons. The van der Waals surface area contributed by atoms with Crippen molar-refractivity contribution < 1.29 is 8.78 Å². The molecule has 0 nitrogen and oxygen atoms in total. The molecule has 2 aromatic rings. The molecule has 2 aliphatic rings. The molecule has 2 aromatic carbocycles. The zero-order valence-corrected chi connectivity index (χ0v) is 19.8. The van der Waals surface area contributed by atoms with Crippen LogP contribution in [0.25, 0.3) is 12.2 Å². The molecular formula is C22H20Br2F2Si. The average Bonchev–Trinajstić information content (AvgIpc) is 3.04. The number of halogens is 4. The van der Waals surface area contributed by atoms with Crippen LogP contribution in [0.5, 0.6) is 0 Å². The first-order valence-electron chi connectivity index (χ1n) is 8.95. The Morgan fingerprint density at radius 2 is 1.11 bits per heavy atom. The van der Waals surface area contributed by atoms with E-state index >= 15 is 0 Å². The van der Waals surface area contributed by atoms with E-state index in [1.807, 2.05) is 0 Å². The Balaban J connectivity index is 1.88. The van der Waals surface area contributed by atoms with Crippen LogP contribution in [0.15, 0.2) is 44.4 Å².